The maximum absolute atomic E-state index is 12.1. The Kier molecular flexibility index (Phi) is 12.8. The van der Waals surface area contributed by atoms with E-state index in [9.17, 15) is 19.2 Å². The number of unbranched alkanes of at least 4 members (excludes halogenated alkanes) is 2. The molecule has 1 rings (SSSR count). The summed E-state index contributed by atoms with van der Waals surface area (Å²) in [4.78, 5) is 46.1. The molecule has 0 aromatic rings. The molecule has 0 aromatic heterocycles. The van der Waals surface area contributed by atoms with Gasteiger partial charge in [-0.1, -0.05) is 19.8 Å². The highest BCUT2D eigenvalue weighted by Gasteiger charge is 2.32. The molecule has 1 saturated carbocycles. The summed E-state index contributed by atoms with van der Waals surface area (Å²) in [7, 11) is 0. The monoisotopic (exact) mass is 429 g/mol. The molecule has 1 N–H and O–H groups in total. The topological polar surface area (TPSA) is 80.3 Å². The Morgan fingerprint density at radius 3 is 2.11 bits per heavy atom. The van der Waals surface area contributed by atoms with Crippen molar-refractivity contribution in [1.82, 2.24) is 5.32 Å². The molecule has 3 atom stereocenters. The molecule has 0 radical (unpaired) electrons. The number of thioether (sulfide) groups is 2. The van der Waals surface area contributed by atoms with Gasteiger partial charge in [0, 0.05) is 22.8 Å². The van der Waals surface area contributed by atoms with Crippen LogP contribution < -0.4 is 5.32 Å². The van der Waals surface area contributed by atoms with Crippen LogP contribution in [0.25, 0.3) is 0 Å². The van der Waals surface area contributed by atoms with Gasteiger partial charge in [0.05, 0.1) is 18.1 Å². The van der Waals surface area contributed by atoms with Crippen LogP contribution >= 0.6 is 23.5 Å². The van der Waals surface area contributed by atoms with Gasteiger partial charge < -0.3 is 5.32 Å². The molecule has 0 spiro atoms. The number of nitrogens with one attached hydrogen (secondary N) is 1. The van der Waals surface area contributed by atoms with Crippen molar-refractivity contribution >= 4 is 46.8 Å². The molecule has 5 nitrogen and oxygen atoms in total. The summed E-state index contributed by atoms with van der Waals surface area (Å²) >= 11 is 3.49. The summed E-state index contributed by atoms with van der Waals surface area (Å²) in [5.74, 6) is 1.56. The van der Waals surface area contributed by atoms with E-state index in [2.05, 4.69) is 5.32 Å². The van der Waals surface area contributed by atoms with Crippen LogP contribution in [-0.4, -0.2) is 51.8 Å². The van der Waals surface area contributed by atoms with E-state index in [0.717, 1.165) is 44.9 Å². The van der Waals surface area contributed by atoms with Crippen LogP contribution in [0.15, 0.2) is 0 Å². The molecule has 0 heterocycles. The van der Waals surface area contributed by atoms with Gasteiger partial charge in [-0.3, -0.25) is 19.2 Å². The van der Waals surface area contributed by atoms with Crippen molar-refractivity contribution in [3.63, 3.8) is 0 Å². The minimum Gasteiger partial charge on any atom is -0.349 e. The lowest BCUT2D eigenvalue weighted by Crippen LogP contribution is -2.33. The van der Waals surface area contributed by atoms with Gasteiger partial charge in [0.15, 0.2) is 0 Å². The first-order valence-electron chi connectivity index (χ1n) is 10.3. The van der Waals surface area contributed by atoms with Crippen molar-refractivity contribution in [3.8, 4) is 0 Å². The fourth-order valence-electron chi connectivity index (χ4n) is 3.08. The Hall–Kier alpha value is -0.820. The van der Waals surface area contributed by atoms with E-state index in [1.807, 2.05) is 6.92 Å². The number of carbonyl (C=O) groups is 4. The van der Waals surface area contributed by atoms with Crippen molar-refractivity contribution < 1.29 is 19.2 Å². The first kappa shape index (κ1) is 25.2. The second-order valence-corrected chi connectivity index (χ2v) is 10.1. The van der Waals surface area contributed by atoms with E-state index in [1.54, 1.807) is 30.4 Å². The Balaban J connectivity index is 2.09. The van der Waals surface area contributed by atoms with Crippen molar-refractivity contribution in [2.75, 3.05) is 18.1 Å². The lowest BCUT2D eigenvalue weighted by molar-refractivity contribution is -0.127. The quantitative estimate of drug-likeness (QED) is 0.376. The third-order valence-corrected chi connectivity index (χ3v) is 8.21. The maximum Gasteiger partial charge on any atom is 0.223 e. The molecule has 0 saturated heterocycles. The first-order valence-corrected chi connectivity index (χ1v) is 12.4. The number of carbonyl (C=O) groups excluding carboxylic acids is 4. The third kappa shape index (κ3) is 10.6. The SMILES string of the molecule is CCC(CCCCCC(=O)CSC1CCC1SCC(C)=O)C(=O)NCC(C)=O. The van der Waals surface area contributed by atoms with Gasteiger partial charge in [0.1, 0.15) is 17.3 Å². The molecule has 3 unspecified atom stereocenters. The highest BCUT2D eigenvalue weighted by Crippen LogP contribution is 2.40. The fraction of sp³-hybridized carbons (Fsp3) is 0.810. The Morgan fingerprint density at radius 1 is 0.929 bits per heavy atom. The molecular weight excluding hydrogens is 394 g/mol. The van der Waals surface area contributed by atoms with Gasteiger partial charge in [-0.15, -0.1) is 23.5 Å². The van der Waals surface area contributed by atoms with E-state index in [0.29, 0.717) is 34.2 Å². The molecule has 0 bridgehead atoms. The van der Waals surface area contributed by atoms with Crippen LogP contribution in [0, 0.1) is 5.92 Å². The highest BCUT2D eigenvalue weighted by molar-refractivity contribution is 8.04. The van der Waals surface area contributed by atoms with Crippen LogP contribution in [0.2, 0.25) is 0 Å². The smallest absolute Gasteiger partial charge is 0.223 e. The molecule has 1 aliphatic carbocycles. The van der Waals surface area contributed by atoms with E-state index in [1.165, 1.54) is 6.92 Å². The van der Waals surface area contributed by atoms with Gasteiger partial charge in [0.25, 0.3) is 0 Å². The summed E-state index contributed by atoms with van der Waals surface area (Å²) < 4.78 is 0. The van der Waals surface area contributed by atoms with Crippen LogP contribution in [-0.2, 0) is 19.2 Å². The van der Waals surface area contributed by atoms with Gasteiger partial charge in [0.2, 0.25) is 5.91 Å². The van der Waals surface area contributed by atoms with Crippen molar-refractivity contribution in [1.29, 1.82) is 0 Å². The zero-order valence-electron chi connectivity index (χ0n) is 17.5. The van der Waals surface area contributed by atoms with Crippen LogP contribution in [0.4, 0.5) is 0 Å². The summed E-state index contributed by atoms with van der Waals surface area (Å²) in [6.45, 7) is 5.18. The maximum atomic E-state index is 12.1. The molecule has 1 aliphatic rings. The summed E-state index contributed by atoms with van der Waals surface area (Å²) in [5.41, 5.74) is 0. The third-order valence-electron chi connectivity index (χ3n) is 4.99. The lowest BCUT2D eigenvalue weighted by atomic mass is 9.97. The average Bonchev–Trinajstić information content (AvgIpc) is 2.61. The van der Waals surface area contributed by atoms with Crippen molar-refractivity contribution in [2.45, 2.75) is 82.6 Å². The Morgan fingerprint density at radius 2 is 1.57 bits per heavy atom. The molecule has 1 fully saturated rings. The standard InChI is InChI=1S/C21H35NO4S2/c1-4-17(21(26)22-12-15(2)23)8-6-5-7-9-18(25)14-28-20-11-10-19(20)27-13-16(3)24/h17,19-20H,4-14H2,1-3H3,(H,22,26). The molecule has 7 heteroatoms. The lowest BCUT2D eigenvalue weighted by Gasteiger charge is -2.35. The van der Waals surface area contributed by atoms with Crippen LogP contribution in [0.3, 0.4) is 0 Å². The normalized spacial score (nSPS) is 19.5. The molecule has 0 aliphatic heterocycles. The minimum absolute atomic E-state index is 0.0368. The van der Waals surface area contributed by atoms with Crippen LogP contribution in [0.5, 0.6) is 0 Å². The van der Waals surface area contributed by atoms with E-state index in [4.69, 9.17) is 0 Å². The van der Waals surface area contributed by atoms with Crippen molar-refractivity contribution in [3.05, 3.63) is 0 Å². The molecule has 1 amide bonds. The predicted molar refractivity (Wildman–Crippen MR) is 118 cm³/mol. The number of rotatable bonds is 16. The molecule has 0 aromatic carbocycles. The number of Topliss-reactive ketones (excluding diaryl/α,β-unsaturated/α-hetero) is 3. The first-order chi connectivity index (χ1) is 13.3. The predicted octanol–water partition coefficient (Wildman–Crippen LogP) is 3.82. The second-order valence-electron chi connectivity index (χ2n) is 7.64. The van der Waals surface area contributed by atoms with Crippen molar-refractivity contribution in [2.24, 2.45) is 5.92 Å². The van der Waals surface area contributed by atoms with Gasteiger partial charge in [-0.2, -0.15) is 0 Å². The summed E-state index contributed by atoms with van der Waals surface area (Å²) in [6, 6.07) is 0. The second kappa shape index (κ2) is 14.2. The van der Waals surface area contributed by atoms with E-state index < -0.39 is 0 Å². The molecular formula is C21H35NO4S2. The molecule has 160 valence electrons. The fourth-order valence-corrected chi connectivity index (χ4v) is 5.85. The number of ketones is 3. The largest absolute Gasteiger partial charge is 0.349 e. The van der Waals surface area contributed by atoms with Gasteiger partial charge in [-0.25, -0.2) is 0 Å². The summed E-state index contributed by atoms with van der Waals surface area (Å²) in [5, 5.41) is 3.73. The zero-order valence-corrected chi connectivity index (χ0v) is 19.1. The zero-order chi connectivity index (χ0) is 20.9. The van der Waals surface area contributed by atoms with Gasteiger partial charge >= 0.3 is 0 Å². The van der Waals surface area contributed by atoms with E-state index >= 15 is 0 Å². The Labute approximate surface area is 177 Å². The van der Waals surface area contributed by atoms with Crippen LogP contribution in [0.1, 0.15) is 72.1 Å². The summed E-state index contributed by atoms with van der Waals surface area (Å²) in [6.07, 6.45) is 7.24. The average molecular weight is 430 g/mol. The van der Waals surface area contributed by atoms with E-state index in [-0.39, 0.29) is 29.9 Å². The number of hydrogen-bond donors (Lipinski definition) is 1. The molecule has 28 heavy (non-hydrogen) atoms. The highest BCUT2D eigenvalue weighted by atomic mass is 32.2. The Bertz CT molecular complexity index is 538. The number of amides is 1. The number of hydrogen-bond acceptors (Lipinski definition) is 6. The minimum atomic E-state index is -0.0475. The van der Waals surface area contributed by atoms with Gasteiger partial charge in [-0.05, 0) is 46.0 Å².